The zero-order chi connectivity index (χ0) is 15.0. The predicted octanol–water partition coefficient (Wildman–Crippen LogP) is 2.23. The number of carbonyl (C=O) groups excluding carboxylic acids is 1. The summed E-state index contributed by atoms with van der Waals surface area (Å²) >= 11 is 0. The Morgan fingerprint density at radius 2 is 1.80 bits per heavy atom. The van der Waals surface area contributed by atoms with Crippen LogP contribution in [0.4, 0.5) is 0 Å². The van der Waals surface area contributed by atoms with E-state index >= 15 is 0 Å². The average Bonchev–Trinajstić information content (AvgIpc) is 2.46. The maximum absolute atomic E-state index is 11.6. The van der Waals surface area contributed by atoms with E-state index in [1.165, 1.54) is 0 Å². The standard InChI is InChI=1S/C14H22O5Si/c1-17-20(3,18-2)10-4-9-19-14(16)11-12-5-7-13(15)8-6-12/h5-8,15H,4,9-11H2,1-3H3. The Morgan fingerprint density at radius 1 is 1.20 bits per heavy atom. The van der Waals surface area contributed by atoms with Crippen LogP contribution in [0.25, 0.3) is 0 Å². The Kier molecular flexibility index (Phi) is 6.70. The highest BCUT2D eigenvalue weighted by atomic mass is 28.4. The van der Waals surface area contributed by atoms with E-state index in [4.69, 9.17) is 18.7 Å². The van der Waals surface area contributed by atoms with E-state index in [1.807, 2.05) is 6.55 Å². The molecule has 1 aromatic carbocycles. The first-order valence-corrected chi connectivity index (χ1v) is 9.05. The molecule has 0 fully saturated rings. The van der Waals surface area contributed by atoms with Gasteiger partial charge in [0, 0.05) is 14.2 Å². The Balaban J connectivity index is 2.25. The van der Waals surface area contributed by atoms with Crippen molar-refractivity contribution in [3.05, 3.63) is 29.8 Å². The Labute approximate surface area is 120 Å². The first kappa shape index (κ1) is 16.7. The molecule has 0 aliphatic rings. The van der Waals surface area contributed by atoms with Crippen LogP contribution >= 0.6 is 0 Å². The number of phenolic OH excluding ortho intramolecular Hbond substituents is 1. The van der Waals surface area contributed by atoms with Crippen LogP contribution in [0, 0.1) is 0 Å². The van der Waals surface area contributed by atoms with Crippen LogP contribution < -0.4 is 0 Å². The summed E-state index contributed by atoms with van der Waals surface area (Å²) < 4.78 is 15.9. The highest BCUT2D eigenvalue weighted by Gasteiger charge is 2.27. The second-order valence-corrected chi connectivity index (χ2v) is 8.29. The lowest BCUT2D eigenvalue weighted by Crippen LogP contribution is -2.36. The minimum absolute atomic E-state index is 0.186. The molecule has 0 aliphatic carbocycles. The van der Waals surface area contributed by atoms with Crippen molar-refractivity contribution < 1.29 is 23.5 Å². The highest BCUT2D eigenvalue weighted by molar-refractivity contribution is 6.65. The lowest BCUT2D eigenvalue weighted by atomic mass is 10.1. The molecule has 0 aliphatic heterocycles. The number of esters is 1. The van der Waals surface area contributed by atoms with Crippen molar-refractivity contribution in [2.45, 2.75) is 25.4 Å². The van der Waals surface area contributed by atoms with E-state index in [0.29, 0.717) is 6.61 Å². The SMILES string of the molecule is CO[Si](C)(CCCOC(=O)Cc1ccc(O)cc1)OC. The minimum atomic E-state index is -2.07. The molecule has 0 saturated carbocycles. The first-order chi connectivity index (χ1) is 9.49. The zero-order valence-corrected chi connectivity index (χ0v) is 13.2. The number of aromatic hydroxyl groups is 1. The van der Waals surface area contributed by atoms with E-state index in [1.54, 1.807) is 38.5 Å². The lowest BCUT2D eigenvalue weighted by molar-refractivity contribution is -0.142. The highest BCUT2D eigenvalue weighted by Crippen LogP contribution is 2.14. The van der Waals surface area contributed by atoms with Crippen LogP contribution in [0.1, 0.15) is 12.0 Å². The third kappa shape index (κ3) is 5.73. The second-order valence-electron chi connectivity index (χ2n) is 4.71. The van der Waals surface area contributed by atoms with Crippen molar-refractivity contribution in [3.63, 3.8) is 0 Å². The molecule has 0 radical (unpaired) electrons. The molecule has 0 bridgehead atoms. The van der Waals surface area contributed by atoms with Crippen molar-refractivity contribution in [2.75, 3.05) is 20.8 Å². The molecule has 1 aromatic rings. The van der Waals surface area contributed by atoms with Gasteiger partial charge in [-0.1, -0.05) is 12.1 Å². The lowest BCUT2D eigenvalue weighted by Gasteiger charge is -2.22. The number of phenols is 1. The van der Waals surface area contributed by atoms with Crippen LogP contribution in [0.15, 0.2) is 24.3 Å². The van der Waals surface area contributed by atoms with E-state index in [9.17, 15) is 4.79 Å². The molecular formula is C14H22O5Si. The smallest absolute Gasteiger partial charge is 0.334 e. The summed E-state index contributed by atoms with van der Waals surface area (Å²) in [6.45, 7) is 2.34. The minimum Gasteiger partial charge on any atom is -0.508 e. The van der Waals surface area contributed by atoms with Crippen molar-refractivity contribution >= 4 is 14.5 Å². The molecule has 0 aromatic heterocycles. The third-order valence-electron chi connectivity index (χ3n) is 3.19. The van der Waals surface area contributed by atoms with Crippen molar-refractivity contribution in [1.82, 2.24) is 0 Å². The molecule has 6 heteroatoms. The summed E-state index contributed by atoms with van der Waals surface area (Å²) in [7, 11) is 1.22. The molecule has 1 N–H and O–H groups in total. The molecule has 0 unspecified atom stereocenters. The summed E-state index contributed by atoms with van der Waals surface area (Å²) in [5, 5.41) is 9.15. The molecule has 20 heavy (non-hydrogen) atoms. The maximum Gasteiger partial charge on any atom is 0.334 e. The van der Waals surface area contributed by atoms with Gasteiger partial charge in [0.05, 0.1) is 13.0 Å². The quantitative estimate of drug-likeness (QED) is 0.453. The molecule has 112 valence electrons. The Hall–Kier alpha value is -1.37. The van der Waals surface area contributed by atoms with Gasteiger partial charge in [-0.3, -0.25) is 4.79 Å². The van der Waals surface area contributed by atoms with E-state index in [2.05, 4.69) is 0 Å². The second kappa shape index (κ2) is 8.03. The maximum atomic E-state index is 11.6. The largest absolute Gasteiger partial charge is 0.508 e. The van der Waals surface area contributed by atoms with Crippen molar-refractivity contribution in [1.29, 1.82) is 0 Å². The molecule has 0 heterocycles. The van der Waals surface area contributed by atoms with Crippen LogP contribution in [-0.2, 0) is 24.8 Å². The van der Waals surface area contributed by atoms with Gasteiger partial charge in [0.15, 0.2) is 0 Å². The Morgan fingerprint density at radius 3 is 2.35 bits per heavy atom. The van der Waals surface area contributed by atoms with Gasteiger partial charge in [-0.25, -0.2) is 0 Å². The number of carbonyl (C=O) groups is 1. The van der Waals surface area contributed by atoms with E-state index < -0.39 is 8.56 Å². The molecule has 0 saturated heterocycles. The monoisotopic (exact) mass is 298 g/mol. The summed E-state index contributed by atoms with van der Waals surface area (Å²) in [6.07, 6.45) is 0.940. The van der Waals surface area contributed by atoms with Gasteiger partial charge in [0.2, 0.25) is 0 Å². The third-order valence-corrected chi connectivity index (χ3v) is 6.18. The van der Waals surface area contributed by atoms with Crippen LogP contribution in [-0.4, -0.2) is 40.5 Å². The summed E-state index contributed by atoms with van der Waals surface area (Å²) in [5.41, 5.74) is 0.820. The number of hydrogen-bond donors (Lipinski definition) is 1. The molecule has 0 atom stereocenters. The molecule has 0 spiro atoms. The van der Waals surface area contributed by atoms with Gasteiger partial charge in [-0.05, 0) is 36.7 Å². The molecule has 0 amide bonds. The molecule has 5 nitrogen and oxygen atoms in total. The number of benzene rings is 1. The topological polar surface area (TPSA) is 65.0 Å². The fourth-order valence-electron chi connectivity index (χ4n) is 1.70. The Bertz CT molecular complexity index is 414. The summed E-state index contributed by atoms with van der Waals surface area (Å²) in [4.78, 5) is 11.6. The normalized spacial score (nSPS) is 11.3. The van der Waals surface area contributed by atoms with E-state index in [-0.39, 0.29) is 18.1 Å². The van der Waals surface area contributed by atoms with Gasteiger partial charge >= 0.3 is 14.5 Å². The molecular weight excluding hydrogens is 276 g/mol. The van der Waals surface area contributed by atoms with Crippen LogP contribution in [0.2, 0.25) is 12.6 Å². The van der Waals surface area contributed by atoms with Gasteiger partial charge in [-0.15, -0.1) is 0 Å². The zero-order valence-electron chi connectivity index (χ0n) is 12.2. The first-order valence-electron chi connectivity index (χ1n) is 6.53. The number of rotatable bonds is 8. The average molecular weight is 298 g/mol. The predicted molar refractivity (Wildman–Crippen MR) is 77.8 cm³/mol. The number of ether oxygens (including phenoxy) is 1. The fraction of sp³-hybridized carbons (Fsp3) is 0.500. The number of hydrogen-bond acceptors (Lipinski definition) is 5. The van der Waals surface area contributed by atoms with E-state index in [0.717, 1.165) is 18.0 Å². The van der Waals surface area contributed by atoms with Gasteiger partial charge in [0.25, 0.3) is 0 Å². The fourth-order valence-corrected chi connectivity index (χ4v) is 3.06. The van der Waals surface area contributed by atoms with Crippen LogP contribution in [0.3, 0.4) is 0 Å². The molecule has 1 rings (SSSR count). The summed E-state index contributed by atoms with van der Waals surface area (Å²) in [5.74, 6) is -0.0839. The van der Waals surface area contributed by atoms with Gasteiger partial charge < -0.3 is 18.7 Å². The van der Waals surface area contributed by atoms with Gasteiger partial charge in [-0.2, -0.15) is 0 Å². The summed E-state index contributed by atoms with van der Waals surface area (Å²) in [6, 6.07) is 7.30. The van der Waals surface area contributed by atoms with Crippen molar-refractivity contribution in [3.8, 4) is 5.75 Å². The van der Waals surface area contributed by atoms with Gasteiger partial charge in [0.1, 0.15) is 5.75 Å². The van der Waals surface area contributed by atoms with Crippen molar-refractivity contribution in [2.24, 2.45) is 0 Å². The van der Waals surface area contributed by atoms with Crippen LogP contribution in [0.5, 0.6) is 5.75 Å².